The third-order valence-corrected chi connectivity index (χ3v) is 2.73. The van der Waals surface area contributed by atoms with Crippen LogP contribution in [0.5, 0.6) is 0 Å². The Balaban J connectivity index is 2.03. The zero-order valence-electron chi connectivity index (χ0n) is 9.81. The summed E-state index contributed by atoms with van der Waals surface area (Å²) in [6.45, 7) is 0.396. The number of hydrogen-bond donors (Lipinski definition) is 1. The molecule has 0 aliphatic rings. The van der Waals surface area contributed by atoms with Gasteiger partial charge in [0.2, 0.25) is 0 Å². The molecule has 18 heavy (non-hydrogen) atoms. The van der Waals surface area contributed by atoms with Crippen LogP contribution >= 0.6 is 11.6 Å². The Morgan fingerprint density at radius 1 is 1.39 bits per heavy atom. The van der Waals surface area contributed by atoms with E-state index in [0.717, 1.165) is 17.8 Å². The predicted molar refractivity (Wildman–Crippen MR) is 70.1 cm³/mol. The van der Waals surface area contributed by atoms with Gasteiger partial charge in [0.25, 0.3) is 0 Å². The van der Waals surface area contributed by atoms with Crippen LogP contribution in [0, 0.1) is 0 Å². The van der Waals surface area contributed by atoms with Crippen LogP contribution in [0.3, 0.4) is 0 Å². The van der Waals surface area contributed by atoms with Crippen molar-refractivity contribution in [1.29, 1.82) is 0 Å². The van der Waals surface area contributed by atoms with Crippen LogP contribution in [0.1, 0.15) is 12.8 Å². The van der Waals surface area contributed by atoms with Gasteiger partial charge in [-0.05, 0) is 25.0 Å². The number of anilines is 1. The maximum Gasteiger partial charge on any atom is 0.174 e. The van der Waals surface area contributed by atoms with Crippen molar-refractivity contribution in [1.82, 2.24) is 14.8 Å². The van der Waals surface area contributed by atoms with Gasteiger partial charge in [0.05, 0.1) is 30.4 Å². The summed E-state index contributed by atoms with van der Waals surface area (Å²) < 4.78 is 13.6. The fourth-order valence-electron chi connectivity index (χ4n) is 1.54. The van der Waals surface area contributed by atoms with E-state index in [-0.39, 0.29) is 6.67 Å². The third-order valence-electron chi connectivity index (χ3n) is 2.46. The normalized spacial score (nSPS) is 10.6. The standard InChI is InChI=1S/C12H14ClFN4/c13-12-11(16-7-2-1-5-14)9-18(17-12)10-4-3-6-15-8-10/h3-4,6,8-9,16H,1-2,5,7H2. The summed E-state index contributed by atoms with van der Waals surface area (Å²) in [5, 5.41) is 7.72. The maximum atomic E-state index is 11.9. The van der Waals surface area contributed by atoms with E-state index in [9.17, 15) is 4.39 Å². The summed E-state index contributed by atoms with van der Waals surface area (Å²) in [7, 11) is 0. The quantitative estimate of drug-likeness (QED) is 0.819. The molecule has 0 aliphatic heterocycles. The molecule has 0 aromatic carbocycles. The van der Waals surface area contributed by atoms with Crippen molar-refractivity contribution in [3.05, 3.63) is 35.9 Å². The zero-order chi connectivity index (χ0) is 12.8. The van der Waals surface area contributed by atoms with Gasteiger partial charge >= 0.3 is 0 Å². The minimum Gasteiger partial charge on any atom is -0.381 e. The Morgan fingerprint density at radius 2 is 2.28 bits per heavy atom. The highest BCUT2D eigenvalue weighted by Gasteiger charge is 2.07. The average molecular weight is 269 g/mol. The topological polar surface area (TPSA) is 42.7 Å². The van der Waals surface area contributed by atoms with E-state index in [1.54, 1.807) is 23.3 Å². The molecule has 4 nitrogen and oxygen atoms in total. The van der Waals surface area contributed by atoms with Gasteiger partial charge in [0.15, 0.2) is 5.15 Å². The fourth-order valence-corrected chi connectivity index (χ4v) is 1.73. The van der Waals surface area contributed by atoms with Crippen molar-refractivity contribution in [3.8, 4) is 5.69 Å². The summed E-state index contributed by atoms with van der Waals surface area (Å²) in [6, 6.07) is 3.72. The minimum absolute atomic E-state index is 0.287. The van der Waals surface area contributed by atoms with Crippen molar-refractivity contribution < 1.29 is 4.39 Å². The lowest BCUT2D eigenvalue weighted by Crippen LogP contribution is -2.01. The largest absolute Gasteiger partial charge is 0.381 e. The Hall–Kier alpha value is -1.62. The first-order chi connectivity index (χ1) is 8.81. The second-order valence-electron chi connectivity index (χ2n) is 3.81. The number of pyridine rings is 1. The van der Waals surface area contributed by atoms with E-state index in [2.05, 4.69) is 15.4 Å². The van der Waals surface area contributed by atoms with Gasteiger partial charge in [-0.2, -0.15) is 5.10 Å². The highest BCUT2D eigenvalue weighted by atomic mass is 35.5. The molecule has 0 aliphatic carbocycles. The van der Waals surface area contributed by atoms with Crippen LogP contribution in [0.4, 0.5) is 10.1 Å². The molecule has 0 fully saturated rings. The maximum absolute atomic E-state index is 11.9. The number of hydrogen-bond acceptors (Lipinski definition) is 3. The van der Waals surface area contributed by atoms with Gasteiger partial charge in [-0.25, -0.2) is 4.68 Å². The average Bonchev–Trinajstić information content (AvgIpc) is 2.77. The van der Waals surface area contributed by atoms with Gasteiger partial charge in [0.1, 0.15) is 0 Å². The van der Waals surface area contributed by atoms with E-state index in [1.807, 2.05) is 12.1 Å². The van der Waals surface area contributed by atoms with E-state index in [4.69, 9.17) is 11.6 Å². The van der Waals surface area contributed by atoms with Crippen LogP contribution in [-0.2, 0) is 0 Å². The Bertz CT molecular complexity index is 486. The minimum atomic E-state index is -0.287. The molecule has 6 heteroatoms. The van der Waals surface area contributed by atoms with Gasteiger partial charge in [-0.1, -0.05) is 11.6 Å². The Kier molecular flexibility index (Phi) is 4.52. The lowest BCUT2D eigenvalue weighted by molar-refractivity contribution is 0.466. The van der Waals surface area contributed by atoms with E-state index < -0.39 is 0 Å². The first kappa shape index (κ1) is 12.8. The molecule has 96 valence electrons. The van der Waals surface area contributed by atoms with Crippen molar-refractivity contribution in [2.75, 3.05) is 18.5 Å². The summed E-state index contributed by atoms with van der Waals surface area (Å²) in [4.78, 5) is 4.02. The molecule has 2 aromatic rings. The molecular weight excluding hydrogens is 255 g/mol. The number of halogens is 2. The molecule has 0 saturated carbocycles. The van der Waals surface area contributed by atoms with Gasteiger partial charge < -0.3 is 5.32 Å². The van der Waals surface area contributed by atoms with Gasteiger partial charge in [0, 0.05) is 12.7 Å². The number of unbranched alkanes of at least 4 members (excludes halogenated alkanes) is 1. The van der Waals surface area contributed by atoms with Crippen LogP contribution in [0.15, 0.2) is 30.7 Å². The highest BCUT2D eigenvalue weighted by Crippen LogP contribution is 2.21. The fraction of sp³-hybridized carbons (Fsp3) is 0.333. The summed E-state index contributed by atoms with van der Waals surface area (Å²) in [5.74, 6) is 0. The van der Waals surface area contributed by atoms with Crippen molar-refractivity contribution in [2.24, 2.45) is 0 Å². The van der Waals surface area contributed by atoms with E-state index in [0.29, 0.717) is 18.1 Å². The van der Waals surface area contributed by atoms with Crippen LogP contribution in [0.2, 0.25) is 5.15 Å². The van der Waals surface area contributed by atoms with E-state index >= 15 is 0 Å². The molecule has 0 bridgehead atoms. The lowest BCUT2D eigenvalue weighted by Gasteiger charge is -2.02. The monoisotopic (exact) mass is 268 g/mol. The van der Waals surface area contributed by atoms with Crippen molar-refractivity contribution in [3.63, 3.8) is 0 Å². The molecule has 0 radical (unpaired) electrons. The van der Waals surface area contributed by atoms with E-state index in [1.165, 1.54) is 0 Å². The molecule has 0 atom stereocenters. The lowest BCUT2D eigenvalue weighted by atomic mass is 10.3. The molecule has 2 heterocycles. The predicted octanol–water partition coefficient (Wildman–Crippen LogP) is 3.08. The van der Waals surface area contributed by atoms with Gasteiger partial charge in [-0.3, -0.25) is 9.37 Å². The second kappa shape index (κ2) is 6.35. The number of nitrogens with one attached hydrogen (secondary N) is 1. The number of nitrogens with zero attached hydrogens (tertiary/aromatic N) is 3. The molecule has 0 spiro atoms. The first-order valence-corrected chi connectivity index (χ1v) is 6.14. The van der Waals surface area contributed by atoms with Crippen LogP contribution in [-0.4, -0.2) is 28.0 Å². The molecule has 0 amide bonds. The summed E-state index contributed by atoms with van der Waals surface area (Å²) in [6.07, 6.45) is 6.53. The third kappa shape index (κ3) is 3.20. The molecule has 1 N–H and O–H groups in total. The molecule has 0 unspecified atom stereocenters. The Morgan fingerprint density at radius 3 is 3.00 bits per heavy atom. The molecule has 0 saturated heterocycles. The first-order valence-electron chi connectivity index (χ1n) is 5.76. The van der Waals surface area contributed by atoms with Gasteiger partial charge in [-0.15, -0.1) is 0 Å². The number of aromatic nitrogens is 3. The molecule has 2 aromatic heterocycles. The molecule has 2 rings (SSSR count). The zero-order valence-corrected chi connectivity index (χ0v) is 10.6. The van der Waals surface area contributed by atoms with Crippen molar-refractivity contribution in [2.45, 2.75) is 12.8 Å². The smallest absolute Gasteiger partial charge is 0.174 e. The Labute approximate surface area is 110 Å². The molecular formula is C12H14ClFN4. The summed E-state index contributed by atoms with van der Waals surface area (Å²) in [5.41, 5.74) is 1.59. The summed E-state index contributed by atoms with van der Waals surface area (Å²) >= 11 is 6.02. The van der Waals surface area contributed by atoms with Crippen molar-refractivity contribution >= 4 is 17.3 Å². The SMILES string of the molecule is FCCCCNc1cn(-c2cccnc2)nc1Cl. The van der Waals surface area contributed by atoms with Crippen LogP contribution in [0.25, 0.3) is 5.69 Å². The number of alkyl halides is 1. The number of rotatable bonds is 6. The highest BCUT2D eigenvalue weighted by molar-refractivity contribution is 6.32. The second-order valence-corrected chi connectivity index (χ2v) is 4.17. The van der Waals surface area contributed by atoms with Crippen LogP contribution < -0.4 is 5.32 Å².